The number of carbonyl (C=O) groups excluding carboxylic acids is 2. The van der Waals surface area contributed by atoms with Crippen LogP contribution in [0.15, 0.2) is 84.4 Å². The highest BCUT2D eigenvalue weighted by Gasteiger charge is 2.38. The SMILES string of the molecule is CC(C)(C)N1CCN(c2ccc(-c3ccc4c(c3)C(=O)N([C@H](C(=O)Nc3nccs3)c3ccccc3)C4)cc2)CC1. The topological polar surface area (TPSA) is 68.8 Å². The molecule has 0 bridgehead atoms. The molecule has 1 fully saturated rings. The Labute approximate surface area is 245 Å². The Balaban J connectivity index is 1.20. The molecule has 2 aliphatic heterocycles. The lowest BCUT2D eigenvalue weighted by atomic mass is 10.00. The molecule has 1 N–H and O–H groups in total. The molecule has 3 aromatic carbocycles. The van der Waals surface area contributed by atoms with Crippen molar-refractivity contribution in [2.45, 2.75) is 38.9 Å². The lowest BCUT2D eigenvalue weighted by Crippen LogP contribution is -2.53. The standard InChI is InChI=1S/C33H35N5O2S/c1-33(2,3)37-18-16-36(17-19-37)27-13-11-23(12-14-27)25-9-10-26-22-38(31(40)28(26)21-25)29(24-7-5-4-6-8-24)30(39)35-32-34-15-20-41-32/h4-15,20-21,29H,16-19,22H2,1-3H3,(H,34,35,39)/t29-/m0/s1. The number of amides is 2. The number of nitrogens with zero attached hydrogens (tertiary/aromatic N) is 4. The van der Waals surface area contributed by atoms with Gasteiger partial charge in [-0.3, -0.25) is 19.8 Å². The van der Waals surface area contributed by atoms with Gasteiger partial charge < -0.3 is 9.80 Å². The van der Waals surface area contributed by atoms with Crippen molar-refractivity contribution >= 4 is 34.0 Å². The molecule has 41 heavy (non-hydrogen) atoms. The van der Waals surface area contributed by atoms with E-state index in [-0.39, 0.29) is 17.4 Å². The zero-order valence-corrected chi connectivity index (χ0v) is 24.5. The van der Waals surface area contributed by atoms with E-state index in [0.29, 0.717) is 17.2 Å². The van der Waals surface area contributed by atoms with Gasteiger partial charge >= 0.3 is 0 Å². The molecular weight excluding hydrogens is 530 g/mol. The Hall–Kier alpha value is -4.01. The fraction of sp³-hybridized carbons (Fsp3) is 0.303. The maximum absolute atomic E-state index is 13.8. The van der Waals surface area contributed by atoms with E-state index in [0.717, 1.165) is 48.4 Å². The molecule has 0 spiro atoms. The maximum atomic E-state index is 13.8. The number of hydrogen-bond donors (Lipinski definition) is 1. The molecule has 7 nitrogen and oxygen atoms in total. The molecule has 3 heterocycles. The van der Waals surface area contributed by atoms with Gasteiger partial charge in [-0.25, -0.2) is 4.98 Å². The van der Waals surface area contributed by atoms with Crippen molar-refractivity contribution < 1.29 is 9.59 Å². The third-order valence-electron chi connectivity index (χ3n) is 8.07. The van der Waals surface area contributed by atoms with Crippen LogP contribution < -0.4 is 10.2 Å². The highest BCUT2D eigenvalue weighted by molar-refractivity contribution is 7.13. The van der Waals surface area contributed by atoms with Crippen LogP contribution in [0, 0.1) is 0 Å². The smallest absolute Gasteiger partial charge is 0.255 e. The molecule has 0 radical (unpaired) electrons. The number of thiazole rings is 1. The van der Waals surface area contributed by atoms with E-state index >= 15 is 0 Å². The minimum Gasteiger partial charge on any atom is -0.369 e. The van der Waals surface area contributed by atoms with E-state index in [1.807, 2.05) is 47.8 Å². The average molecular weight is 566 g/mol. The third-order valence-corrected chi connectivity index (χ3v) is 8.76. The van der Waals surface area contributed by atoms with Crippen molar-refractivity contribution in [2.75, 3.05) is 36.4 Å². The van der Waals surface area contributed by atoms with Gasteiger partial charge in [-0.05, 0) is 61.2 Å². The summed E-state index contributed by atoms with van der Waals surface area (Å²) in [6.45, 7) is 11.3. The van der Waals surface area contributed by atoms with E-state index in [9.17, 15) is 9.59 Å². The Morgan fingerprint density at radius 2 is 1.63 bits per heavy atom. The zero-order chi connectivity index (χ0) is 28.6. The second-order valence-corrected chi connectivity index (χ2v) is 12.5. The molecule has 4 aromatic rings. The van der Waals surface area contributed by atoms with Crippen molar-refractivity contribution in [1.82, 2.24) is 14.8 Å². The first-order valence-electron chi connectivity index (χ1n) is 14.1. The van der Waals surface area contributed by atoms with Crippen LogP contribution in [-0.4, -0.2) is 58.3 Å². The molecule has 2 aliphatic rings. The first-order valence-corrected chi connectivity index (χ1v) is 15.0. The molecule has 2 amide bonds. The predicted molar refractivity (Wildman–Crippen MR) is 165 cm³/mol. The molecular formula is C33H35N5O2S. The Morgan fingerprint density at radius 3 is 2.29 bits per heavy atom. The third kappa shape index (κ3) is 5.62. The van der Waals surface area contributed by atoms with E-state index in [1.165, 1.54) is 17.0 Å². The van der Waals surface area contributed by atoms with E-state index < -0.39 is 6.04 Å². The van der Waals surface area contributed by atoms with Crippen LogP contribution in [0.1, 0.15) is 48.3 Å². The average Bonchev–Trinajstić information content (AvgIpc) is 3.61. The number of aromatic nitrogens is 1. The minimum atomic E-state index is -0.763. The summed E-state index contributed by atoms with van der Waals surface area (Å²) in [6.07, 6.45) is 1.65. The van der Waals surface area contributed by atoms with Crippen molar-refractivity contribution in [3.8, 4) is 11.1 Å². The van der Waals surface area contributed by atoms with Gasteiger partial charge in [0, 0.05) is 61.1 Å². The monoisotopic (exact) mass is 565 g/mol. The second kappa shape index (κ2) is 11.1. The number of benzene rings is 3. The van der Waals surface area contributed by atoms with E-state index in [4.69, 9.17) is 0 Å². The Kier molecular flexibility index (Phi) is 7.36. The fourth-order valence-electron chi connectivity index (χ4n) is 5.78. The Bertz CT molecular complexity index is 1520. The van der Waals surface area contributed by atoms with Gasteiger partial charge in [-0.1, -0.05) is 54.6 Å². The molecule has 1 aromatic heterocycles. The van der Waals surface area contributed by atoms with Crippen LogP contribution in [0.3, 0.4) is 0 Å². The highest BCUT2D eigenvalue weighted by atomic mass is 32.1. The minimum absolute atomic E-state index is 0.140. The number of nitrogens with one attached hydrogen (secondary N) is 1. The van der Waals surface area contributed by atoms with Crippen molar-refractivity contribution in [3.63, 3.8) is 0 Å². The fourth-order valence-corrected chi connectivity index (χ4v) is 6.31. The number of fused-ring (bicyclic) bond motifs is 1. The first-order chi connectivity index (χ1) is 19.8. The van der Waals surface area contributed by atoms with Crippen molar-refractivity contribution in [2.24, 2.45) is 0 Å². The first kappa shape index (κ1) is 27.2. The summed E-state index contributed by atoms with van der Waals surface area (Å²) in [5.41, 5.74) is 5.82. The number of hydrogen-bond acceptors (Lipinski definition) is 6. The van der Waals surface area contributed by atoms with Crippen LogP contribution in [0.25, 0.3) is 11.1 Å². The van der Waals surface area contributed by atoms with Gasteiger partial charge in [-0.2, -0.15) is 0 Å². The van der Waals surface area contributed by atoms with Gasteiger partial charge in [0.2, 0.25) is 0 Å². The van der Waals surface area contributed by atoms with E-state index in [2.05, 4.69) is 71.2 Å². The van der Waals surface area contributed by atoms with Crippen LogP contribution in [0.2, 0.25) is 0 Å². The van der Waals surface area contributed by atoms with Crippen molar-refractivity contribution in [1.29, 1.82) is 0 Å². The molecule has 6 rings (SSSR count). The highest BCUT2D eigenvalue weighted by Crippen LogP contribution is 2.35. The summed E-state index contributed by atoms with van der Waals surface area (Å²) >= 11 is 1.35. The summed E-state index contributed by atoms with van der Waals surface area (Å²) in [6, 6.07) is 23.4. The predicted octanol–water partition coefficient (Wildman–Crippen LogP) is 6.07. The largest absolute Gasteiger partial charge is 0.369 e. The van der Waals surface area contributed by atoms with Crippen LogP contribution in [-0.2, 0) is 11.3 Å². The summed E-state index contributed by atoms with van der Waals surface area (Å²) in [5.74, 6) is -0.412. The number of rotatable bonds is 6. The summed E-state index contributed by atoms with van der Waals surface area (Å²) in [5, 5.41) is 5.22. The summed E-state index contributed by atoms with van der Waals surface area (Å²) < 4.78 is 0. The molecule has 210 valence electrons. The van der Waals surface area contributed by atoms with Crippen LogP contribution >= 0.6 is 11.3 Å². The number of anilines is 2. The van der Waals surface area contributed by atoms with Crippen LogP contribution in [0.5, 0.6) is 0 Å². The van der Waals surface area contributed by atoms with Gasteiger partial charge in [0.05, 0.1) is 0 Å². The summed E-state index contributed by atoms with van der Waals surface area (Å²) in [4.78, 5) is 38.1. The summed E-state index contributed by atoms with van der Waals surface area (Å²) in [7, 11) is 0. The molecule has 0 aliphatic carbocycles. The van der Waals surface area contributed by atoms with Gasteiger partial charge in [0.1, 0.15) is 6.04 Å². The Morgan fingerprint density at radius 1 is 0.927 bits per heavy atom. The number of carbonyl (C=O) groups is 2. The molecule has 1 saturated heterocycles. The molecule has 1 atom stereocenters. The van der Waals surface area contributed by atoms with Gasteiger partial charge in [0.15, 0.2) is 5.13 Å². The van der Waals surface area contributed by atoms with Crippen LogP contribution in [0.4, 0.5) is 10.8 Å². The normalized spacial score (nSPS) is 16.5. The molecule has 0 unspecified atom stereocenters. The lowest BCUT2D eigenvalue weighted by Gasteiger charge is -2.43. The van der Waals surface area contributed by atoms with Gasteiger partial charge in [0.25, 0.3) is 11.8 Å². The van der Waals surface area contributed by atoms with Crippen molar-refractivity contribution in [3.05, 3.63) is 101 Å². The molecule has 0 saturated carbocycles. The van der Waals surface area contributed by atoms with Gasteiger partial charge in [-0.15, -0.1) is 11.3 Å². The number of piperazine rings is 1. The molecule has 8 heteroatoms. The zero-order valence-electron chi connectivity index (χ0n) is 23.7. The lowest BCUT2D eigenvalue weighted by molar-refractivity contribution is -0.120. The second-order valence-electron chi connectivity index (χ2n) is 11.6. The van der Waals surface area contributed by atoms with E-state index in [1.54, 1.807) is 11.1 Å². The quantitative estimate of drug-likeness (QED) is 0.308. The maximum Gasteiger partial charge on any atom is 0.255 e.